The lowest BCUT2D eigenvalue weighted by Crippen LogP contribution is -2.33. The summed E-state index contributed by atoms with van der Waals surface area (Å²) in [5, 5.41) is 7.19. The Kier molecular flexibility index (Phi) is 4.97. The van der Waals surface area contributed by atoms with E-state index in [1.165, 1.54) is 12.8 Å². The fourth-order valence-corrected chi connectivity index (χ4v) is 1.31. The van der Waals surface area contributed by atoms with Crippen molar-refractivity contribution in [2.75, 3.05) is 0 Å². The second kappa shape index (κ2) is 6.02. The Morgan fingerprint density at radius 3 is 3.06 bits per heavy atom. The van der Waals surface area contributed by atoms with Crippen molar-refractivity contribution in [2.24, 2.45) is 10.7 Å². The summed E-state index contributed by atoms with van der Waals surface area (Å²) in [5.74, 6) is 1.35. The van der Waals surface area contributed by atoms with Crippen molar-refractivity contribution in [1.82, 2.24) is 20.1 Å². The zero-order valence-electron chi connectivity index (χ0n) is 9.26. The van der Waals surface area contributed by atoms with Crippen molar-refractivity contribution >= 4 is 29.9 Å². The van der Waals surface area contributed by atoms with Crippen LogP contribution in [0.2, 0.25) is 0 Å². The highest BCUT2D eigenvalue weighted by molar-refractivity contribution is 14.0. The molecule has 1 aliphatic carbocycles. The Hall–Kier alpha value is -0.860. The van der Waals surface area contributed by atoms with E-state index in [0.717, 1.165) is 12.4 Å². The minimum Gasteiger partial charge on any atom is -0.370 e. The van der Waals surface area contributed by atoms with Crippen LogP contribution in [-0.2, 0) is 13.1 Å². The summed E-state index contributed by atoms with van der Waals surface area (Å²) in [6.45, 7) is 3.31. The molecule has 2 rings (SSSR count). The van der Waals surface area contributed by atoms with Gasteiger partial charge in [0.05, 0.1) is 0 Å². The van der Waals surface area contributed by atoms with Crippen molar-refractivity contribution in [2.45, 2.75) is 38.9 Å². The molecular formula is C9H17IN6. The second-order valence-corrected chi connectivity index (χ2v) is 3.61. The summed E-state index contributed by atoms with van der Waals surface area (Å²) in [6.07, 6.45) is 3.93. The molecule has 0 aromatic carbocycles. The standard InChI is InChI=1S/C9H16N6.HI/c1-2-15-8(12-6-13-15)5-11-9(10)14-7-3-4-7;/h6-7H,2-5H2,1H3,(H3,10,11,14);1H. The van der Waals surface area contributed by atoms with Gasteiger partial charge in [0.1, 0.15) is 18.7 Å². The van der Waals surface area contributed by atoms with E-state index < -0.39 is 0 Å². The Morgan fingerprint density at radius 2 is 2.44 bits per heavy atom. The van der Waals surface area contributed by atoms with Gasteiger partial charge in [0.15, 0.2) is 5.96 Å². The first-order chi connectivity index (χ1) is 7.29. The number of rotatable bonds is 4. The van der Waals surface area contributed by atoms with Crippen LogP contribution in [0.25, 0.3) is 0 Å². The lowest BCUT2D eigenvalue weighted by molar-refractivity contribution is 0.616. The molecule has 3 N–H and O–H groups in total. The van der Waals surface area contributed by atoms with E-state index in [1.54, 1.807) is 6.33 Å². The number of hydrogen-bond acceptors (Lipinski definition) is 3. The summed E-state index contributed by atoms with van der Waals surface area (Å²) < 4.78 is 1.81. The van der Waals surface area contributed by atoms with Gasteiger partial charge in [-0.1, -0.05) is 0 Å². The quantitative estimate of drug-likeness (QED) is 0.476. The smallest absolute Gasteiger partial charge is 0.189 e. The van der Waals surface area contributed by atoms with Crippen molar-refractivity contribution in [3.8, 4) is 0 Å². The zero-order chi connectivity index (χ0) is 10.7. The van der Waals surface area contributed by atoms with Crippen molar-refractivity contribution in [1.29, 1.82) is 0 Å². The van der Waals surface area contributed by atoms with Crippen molar-refractivity contribution in [3.63, 3.8) is 0 Å². The minimum atomic E-state index is 0. The third-order valence-electron chi connectivity index (χ3n) is 2.32. The average Bonchev–Trinajstić information content (AvgIpc) is 2.92. The predicted molar refractivity (Wildman–Crippen MR) is 72.6 cm³/mol. The maximum Gasteiger partial charge on any atom is 0.189 e. The van der Waals surface area contributed by atoms with Crippen LogP contribution in [0.1, 0.15) is 25.6 Å². The van der Waals surface area contributed by atoms with Gasteiger partial charge >= 0.3 is 0 Å². The lowest BCUT2D eigenvalue weighted by atomic mass is 10.6. The van der Waals surface area contributed by atoms with Crippen LogP contribution in [0, 0.1) is 0 Å². The van der Waals surface area contributed by atoms with Crippen molar-refractivity contribution < 1.29 is 0 Å². The lowest BCUT2D eigenvalue weighted by Gasteiger charge is -2.03. The number of nitrogens with one attached hydrogen (secondary N) is 1. The van der Waals surface area contributed by atoms with E-state index in [2.05, 4.69) is 20.4 Å². The Morgan fingerprint density at radius 1 is 1.69 bits per heavy atom. The first-order valence-corrected chi connectivity index (χ1v) is 5.22. The van der Waals surface area contributed by atoms with Crippen LogP contribution >= 0.6 is 24.0 Å². The molecule has 0 bridgehead atoms. The van der Waals surface area contributed by atoms with Crippen molar-refractivity contribution in [3.05, 3.63) is 12.2 Å². The molecular weight excluding hydrogens is 319 g/mol. The third kappa shape index (κ3) is 3.62. The van der Waals surface area contributed by atoms with E-state index in [0.29, 0.717) is 18.5 Å². The van der Waals surface area contributed by atoms with Gasteiger partial charge in [0, 0.05) is 12.6 Å². The van der Waals surface area contributed by atoms with Gasteiger partial charge in [-0.05, 0) is 19.8 Å². The van der Waals surface area contributed by atoms with Crippen LogP contribution in [0.5, 0.6) is 0 Å². The molecule has 0 aliphatic heterocycles. The highest BCUT2D eigenvalue weighted by Gasteiger charge is 2.21. The molecule has 0 atom stereocenters. The number of guanidine groups is 1. The molecule has 1 heterocycles. The number of nitrogens with two attached hydrogens (primary N) is 1. The van der Waals surface area contributed by atoms with Gasteiger partial charge in [0.2, 0.25) is 0 Å². The Labute approximate surface area is 112 Å². The molecule has 0 radical (unpaired) electrons. The molecule has 1 aliphatic rings. The van der Waals surface area contributed by atoms with Gasteiger partial charge in [-0.15, -0.1) is 24.0 Å². The van der Waals surface area contributed by atoms with E-state index >= 15 is 0 Å². The highest BCUT2D eigenvalue weighted by Crippen LogP contribution is 2.17. The number of aryl methyl sites for hydroxylation is 1. The van der Waals surface area contributed by atoms with Crippen LogP contribution in [0.3, 0.4) is 0 Å². The van der Waals surface area contributed by atoms with E-state index in [-0.39, 0.29) is 24.0 Å². The minimum absolute atomic E-state index is 0. The van der Waals surface area contributed by atoms with Gasteiger partial charge in [0.25, 0.3) is 0 Å². The van der Waals surface area contributed by atoms with E-state index in [1.807, 2.05) is 11.6 Å². The van der Waals surface area contributed by atoms with Gasteiger partial charge in [-0.25, -0.2) is 14.7 Å². The van der Waals surface area contributed by atoms with Crippen LogP contribution in [0.4, 0.5) is 0 Å². The molecule has 90 valence electrons. The molecule has 1 aromatic rings. The number of halogens is 1. The Balaban J connectivity index is 0.00000128. The number of nitrogens with zero attached hydrogens (tertiary/aromatic N) is 4. The van der Waals surface area contributed by atoms with Gasteiger partial charge < -0.3 is 11.1 Å². The molecule has 0 unspecified atom stereocenters. The predicted octanol–water partition coefficient (Wildman–Crippen LogP) is 0.483. The number of aliphatic imine (C=N–C) groups is 1. The zero-order valence-corrected chi connectivity index (χ0v) is 11.6. The molecule has 1 saturated carbocycles. The molecule has 16 heavy (non-hydrogen) atoms. The van der Waals surface area contributed by atoms with Crippen LogP contribution in [0.15, 0.2) is 11.3 Å². The molecule has 1 aromatic heterocycles. The highest BCUT2D eigenvalue weighted by atomic mass is 127. The molecule has 0 saturated heterocycles. The normalized spacial score (nSPS) is 15.7. The first kappa shape index (κ1) is 13.2. The van der Waals surface area contributed by atoms with E-state index in [4.69, 9.17) is 5.73 Å². The Bertz CT molecular complexity index is 357. The van der Waals surface area contributed by atoms with Crippen LogP contribution < -0.4 is 11.1 Å². The fraction of sp³-hybridized carbons (Fsp3) is 0.667. The average molecular weight is 336 g/mol. The summed E-state index contributed by atoms with van der Waals surface area (Å²) in [4.78, 5) is 8.33. The van der Waals surface area contributed by atoms with E-state index in [9.17, 15) is 0 Å². The monoisotopic (exact) mass is 336 g/mol. The molecule has 0 amide bonds. The molecule has 6 nitrogen and oxygen atoms in total. The maximum atomic E-state index is 5.70. The summed E-state index contributed by atoms with van der Waals surface area (Å²) in [6, 6.07) is 0.540. The SMILES string of the molecule is CCn1ncnc1CN=C(N)NC1CC1.I. The molecule has 1 fully saturated rings. The number of aromatic nitrogens is 3. The van der Waals surface area contributed by atoms with Gasteiger partial charge in [-0.2, -0.15) is 5.10 Å². The van der Waals surface area contributed by atoms with Gasteiger partial charge in [-0.3, -0.25) is 0 Å². The van der Waals surface area contributed by atoms with Crippen LogP contribution in [-0.4, -0.2) is 26.8 Å². The third-order valence-corrected chi connectivity index (χ3v) is 2.32. The first-order valence-electron chi connectivity index (χ1n) is 5.22. The molecule has 7 heteroatoms. The largest absolute Gasteiger partial charge is 0.370 e. The summed E-state index contributed by atoms with van der Waals surface area (Å²) in [7, 11) is 0. The maximum absolute atomic E-state index is 5.70. The summed E-state index contributed by atoms with van der Waals surface area (Å²) >= 11 is 0. The second-order valence-electron chi connectivity index (χ2n) is 3.61. The molecule has 0 spiro atoms. The topological polar surface area (TPSA) is 81.1 Å². The fourth-order valence-electron chi connectivity index (χ4n) is 1.31. The summed E-state index contributed by atoms with van der Waals surface area (Å²) in [5.41, 5.74) is 5.70. The number of hydrogen-bond donors (Lipinski definition) is 2.